The second-order valence-electron chi connectivity index (χ2n) is 6.73. The van der Waals surface area contributed by atoms with Crippen LogP contribution < -0.4 is 0 Å². The van der Waals surface area contributed by atoms with Crippen LogP contribution in [-0.2, 0) is 23.6 Å². The number of hydrogen-bond donors (Lipinski definition) is 0. The highest BCUT2D eigenvalue weighted by molar-refractivity contribution is 7.89. The summed E-state index contributed by atoms with van der Waals surface area (Å²) in [7, 11) is -0.236. The van der Waals surface area contributed by atoms with E-state index in [1.165, 1.54) is 21.5 Å². The van der Waals surface area contributed by atoms with Crippen molar-refractivity contribution in [3.8, 4) is 0 Å². The van der Waals surface area contributed by atoms with E-state index in [0.29, 0.717) is 30.2 Å². The summed E-state index contributed by atoms with van der Waals surface area (Å²) in [5.74, 6) is 0.405. The number of amides is 1. The topological polar surface area (TPSA) is 88.7 Å². The number of aryl methyl sites for hydroxylation is 2. The Morgan fingerprint density at radius 2 is 1.96 bits per heavy atom. The van der Waals surface area contributed by atoms with E-state index in [4.69, 9.17) is 4.52 Å². The van der Waals surface area contributed by atoms with Crippen molar-refractivity contribution in [1.82, 2.24) is 18.9 Å². The van der Waals surface area contributed by atoms with Gasteiger partial charge in [-0.05, 0) is 25.8 Å². The zero-order valence-electron chi connectivity index (χ0n) is 15.3. The second-order valence-corrected chi connectivity index (χ2v) is 8.66. The van der Waals surface area contributed by atoms with Crippen LogP contribution in [0.4, 0.5) is 0 Å². The molecule has 0 bridgehead atoms. The fraction of sp³-hybridized carbons (Fsp3) is 0.529. The quantitative estimate of drug-likeness (QED) is 0.789. The maximum absolute atomic E-state index is 12.8. The maximum Gasteiger partial charge on any atom is 0.270 e. The van der Waals surface area contributed by atoms with Crippen LogP contribution in [0, 0.1) is 6.92 Å². The summed E-state index contributed by atoms with van der Waals surface area (Å²) >= 11 is 0. The standard InChI is InChI=1S/C17H24N4O4S/c1-13-9-14(18-25-13)11-20(3)17(22)16-10-15(12-19(16)2)26(23,24)21-7-5-4-6-8-21/h9-10,12H,4-8,11H2,1-3H3. The molecule has 0 N–H and O–H groups in total. The molecule has 8 nitrogen and oxygen atoms in total. The molecule has 26 heavy (non-hydrogen) atoms. The number of sulfonamides is 1. The van der Waals surface area contributed by atoms with Crippen LogP contribution in [0.1, 0.15) is 41.2 Å². The van der Waals surface area contributed by atoms with Crippen LogP contribution >= 0.6 is 0 Å². The van der Waals surface area contributed by atoms with Gasteiger partial charge >= 0.3 is 0 Å². The van der Waals surface area contributed by atoms with Crippen molar-refractivity contribution in [1.29, 1.82) is 0 Å². The van der Waals surface area contributed by atoms with Gasteiger partial charge in [0, 0.05) is 39.4 Å². The van der Waals surface area contributed by atoms with Gasteiger partial charge in [0.2, 0.25) is 10.0 Å². The molecular weight excluding hydrogens is 356 g/mol. The first kappa shape index (κ1) is 18.7. The summed E-state index contributed by atoms with van der Waals surface area (Å²) in [4.78, 5) is 14.4. The predicted octanol–water partition coefficient (Wildman–Crippen LogP) is 1.77. The van der Waals surface area contributed by atoms with E-state index >= 15 is 0 Å². The van der Waals surface area contributed by atoms with Crippen LogP contribution in [0.3, 0.4) is 0 Å². The zero-order valence-corrected chi connectivity index (χ0v) is 16.1. The molecule has 1 amide bonds. The minimum Gasteiger partial charge on any atom is -0.361 e. The van der Waals surface area contributed by atoms with Crippen molar-refractivity contribution in [3.63, 3.8) is 0 Å². The third-order valence-corrected chi connectivity index (χ3v) is 6.44. The van der Waals surface area contributed by atoms with Crippen molar-refractivity contribution in [2.45, 2.75) is 37.6 Å². The van der Waals surface area contributed by atoms with Crippen LogP contribution in [0.25, 0.3) is 0 Å². The summed E-state index contributed by atoms with van der Waals surface area (Å²) < 4.78 is 33.7. The Bertz CT molecular complexity index is 894. The summed E-state index contributed by atoms with van der Waals surface area (Å²) in [5.41, 5.74) is 0.969. The molecule has 2 aromatic heterocycles. The molecule has 0 aliphatic carbocycles. The lowest BCUT2D eigenvalue weighted by Crippen LogP contribution is -2.35. The van der Waals surface area contributed by atoms with Crippen LogP contribution in [0.5, 0.6) is 0 Å². The highest BCUT2D eigenvalue weighted by atomic mass is 32.2. The molecule has 3 heterocycles. The molecule has 0 atom stereocenters. The first-order valence-electron chi connectivity index (χ1n) is 8.63. The zero-order chi connectivity index (χ0) is 18.9. The maximum atomic E-state index is 12.8. The van der Waals surface area contributed by atoms with Gasteiger partial charge < -0.3 is 14.0 Å². The van der Waals surface area contributed by atoms with E-state index in [1.807, 2.05) is 0 Å². The third-order valence-electron chi connectivity index (χ3n) is 4.57. The van der Waals surface area contributed by atoms with Crippen molar-refractivity contribution >= 4 is 15.9 Å². The van der Waals surface area contributed by atoms with Crippen LogP contribution in [0.2, 0.25) is 0 Å². The molecule has 0 unspecified atom stereocenters. The van der Waals surface area contributed by atoms with Crippen LogP contribution in [0.15, 0.2) is 27.7 Å². The molecule has 0 saturated carbocycles. The monoisotopic (exact) mass is 380 g/mol. The number of aromatic nitrogens is 2. The highest BCUT2D eigenvalue weighted by Crippen LogP contribution is 2.23. The SMILES string of the molecule is Cc1cc(CN(C)C(=O)c2cc(S(=O)(=O)N3CCCCC3)cn2C)no1. The molecule has 9 heteroatoms. The summed E-state index contributed by atoms with van der Waals surface area (Å²) in [5, 5.41) is 3.88. The number of piperidine rings is 1. The van der Waals surface area contributed by atoms with Gasteiger partial charge in [-0.15, -0.1) is 0 Å². The molecule has 2 aromatic rings. The average Bonchev–Trinajstić information content (AvgIpc) is 3.21. The molecular formula is C17H24N4O4S. The first-order chi connectivity index (χ1) is 12.3. The fourth-order valence-corrected chi connectivity index (χ4v) is 4.73. The lowest BCUT2D eigenvalue weighted by molar-refractivity contribution is 0.0772. The average molecular weight is 380 g/mol. The predicted molar refractivity (Wildman–Crippen MR) is 95.1 cm³/mol. The fourth-order valence-electron chi connectivity index (χ4n) is 3.15. The third kappa shape index (κ3) is 3.68. The molecule has 1 fully saturated rings. The Morgan fingerprint density at radius 1 is 1.27 bits per heavy atom. The lowest BCUT2D eigenvalue weighted by atomic mass is 10.2. The van der Waals surface area contributed by atoms with E-state index in [1.54, 1.807) is 31.7 Å². The highest BCUT2D eigenvalue weighted by Gasteiger charge is 2.29. The molecule has 0 spiro atoms. The molecule has 1 aliphatic heterocycles. The molecule has 1 aliphatic rings. The summed E-state index contributed by atoms with van der Waals surface area (Å²) in [6.07, 6.45) is 4.30. The first-order valence-corrected chi connectivity index (χ1v) is 10.1. The molecule has 3 rings (SSSR count). The van der Waals surface area contributed by atoms with E-state index in [9.17, 15) is 13.2 Å². The Labute approximate surface area is 153 Å². The van der Waals surface area contributed by atoms with Gasteiger partial charge in [-0.25, -0.2) is 8.42 Å². The number of carbonyl (C=O) groups excluding carboxylic acids is 1. The number of nitrogens with zero attached hydrogens (tertiary/aromatic N) is 4. The van der Waals surface area contributed by atoms with Crippen molar-refractivity contribution in [2.24, 2.45) is 7.05 Å². The van der Waals surface area contributed by atoms with E-state index < -0.39 is 10.0 Å². The van der Waals surface area contributed by atoms with Crippen LogP contribution in [-0.4, -0.2) is 53.4 Å². The smallest absolute Gasteiger partial charge is 0.270 e. The summed E-state index contributed by atoms with van der Waals surface area (Å²) in [6, 6.07) is 3.22. The Kier molecular flexibility index (Phi) is 5.19. The Balaban J connectivity index is 1.79. The Morgan fingerprint density at radius 3 is 2.58 bits per heavy atom. The lowest BCUT2D eigenvalue weighted by Gasteiger charge is -2.25. The number of rotatable bonds is 5. The van der Waals surface area contributed by atoms with Gasteiger partial charge in [0.1, 0.15) is 22.0 Å². The normalized spacial score (nSPS) is 16.0. The Hall–Kier alpha value is -2.13. The van der Waals surface area contributed by atoms with Gasteiger partial charge in [0.25, 0.3) is 5.91 Å². The van der Waals surface area contributed by atoms with Gasteiger partial charge in [-0.3, -0.25) is 4.79 Å². The summed E-state index contributed by atoms with van der Waals surface area (Å²) in [6.45, 7) is 3.14. The van der Waals surface area contributed by atoms with Gasteiger partial charge in [0.15, 0.2) is 0 Å². The minimum atomic E-state index is -3.56. The molecule has 0 radical (unpaired) electrons. The molecule has 142 valence electrons. The van der Waals surface area contributed by atoms with Gasteiger partial charge in [-0.2, -0.15) is 4.31 Å². The van der Waals surface area contributed by atoms with Crippen molar-refractivity contribution in [3.05, 3.63) is 35.5 Å². The largest absolute Gasteiger partial charge is 0.361 e. The second kappa shape index (κ2) is 7.24. The van der Waals surface area contributed by atoms with Crippen molar-refractivity contribution < 1.29 is 17.7 Å². The molecule has 0 aromatic carbocycles. The van der Waals surface area contributed by atoms with E-state index in [-0.39, 0.29) is 17.3 Å². The minimum absolute atomic E-state index is 0.163. The number of carbonyl (C=O) groups is 1. The number of hydrogen-bond acceptors (Lipinski definition) is 5. The van der Waals surface area contributed by atoms with E-state index in [2.05, 4.69) is 5.16 Å². The van der Waals surface area contributed by atoms with Crippen molar-refractivity contribution in [2.75, 3.05) is 20.1 Å². The van der Waals surface area contributed by atoms with Gasteiger partial charge in [-0.1, -0.05) is 11.6 Å². The van der Waals surface area contributed by atoms with Gasteiger partial charge in [0.05, 0.1) is 6.54 Å². The molecule has 1 saturated heterocycles. The van der Waals surface area contributed by atoms with E-state index in [0.717, 1.165) is 19.3 Å².